The monoisotopic (exact) mass is 602 g/mol. The van der Waals surface area contributed by atoms with Crippen molar-refractivity contribution < 1.29 is 9.53 Å². The number of ether oxygens (including phenoxy) is 1. The minimum absolute atomic E-state index is 0.267. The second-order valence-corrected chi connectivity index (χ2v) is 10.5. The topological polar surface area (TPSA) is 36.0 Å². The van der Waals surface area contributed by atoms with Crippen molar-refractivity contribution in [2.75, 3.05) is 57.8 Å². The summed E-state index contributed by atoms with van der Waals surface area (Å²) in [5, 5.41) is 0. The first kappa shape index (κ1) is 43.2. The first-order valence-electron chi connectivity index (χ1n) is 17.6. The fraction of sp³-hybridized carbons (Fsp3) is 0.711. The summed E-state index contributed by atoms with van der Waals surface area (Å²) in [7, 11) is 1.83. The van der Waals surface area contributed by atoms with E-state index >= 15 is 0 Å². The molecule has 0 N–H and O–H groups in total. The lowest BCUT2D eigenvalue weighted by Crippen LogP contribution is -2.46. The Balaban J connectivity index is 0. The van der Waals surface area contributed by atoms with Crippen LogP contribution in [-0.2, 0) is 11.2 Å². The molecule has 2 heterocycles. The van der Waals surface area contributed by atoms with Crippen molar-refractivity contribution in [3.8, 4) is 0 Å². The lowest BCUT2D eigenvalue weighted by Gasteiger charge is -2.36. The van der Waals surface area contributed by atoms with E-state index in [-0.39, 0.29) is 12.0 Å². The van der Waals surface area contributed by atoms with E-state index in [4.69, 9.17) is 4.74 Å². The molecule has 2 aliphatic heterocycles. The number of aryl methyl sites for hydroxylation is 1. The standard InChI is InChI=1S/C28H43N3O2.C4H10.3C2H6/c1-5-8-10-25-13-12-23(22-32)19-28(25)31-18-17-30(27(7-3)24(6-2)20-31)16-15-29-14-9-11-26(21-29)33-4;1-3-4-2;3*1-2/h6-7,12-13,19,22,24,26-27H,2-3,5,8-11,14-18,20-21H2,1,4H3;3-4H2,1-2H3;3*1-2H3. The van der Waals surface area contributed by atoms with Gasteiger partial charge in [-0.2, -0.15) is 0 Å². The fourth-order valence-electron chi connectivity index (χ4n) is 5.35. The van der Waals surface area contributed by atoms with Crippen molar-refractivity contribution in [2.24, 2.45) is 5.92 Å². The van der Waals surface area contributed by atoms with Gasteiger partial charge in [0.05, 0.1) is 6.10 Å². The lowest BCUT2D eigenvalue weighted by molar-refractivity contribution is 0.0268. The van der Waals surface area contributed by atoms with Crippen LogP contribution in [0.5, 0.6) is 0 Å². The van der Waals surface area contributed by atoms with E-state index in [1.807, 2.05) is 54.7 Å². The summed E-state index contributed by atoms with van der Waals surface area (Å²) in [6.45, 7) is 34.0. The molecule has 1 aromatic carbocycles. The number of benzene rings is 1. The highest BCUT2D eigenvalue weighted by atomic mass is 16.5. The highest BCUT2D eigenvalue weighted by molar-refractivity contribution is 5.78. The van der Waals surface area contributed by atoms with Gasteiger partial charge in [0, 0.05) is 69.6 Å². The van der Waals surface area contributed by atoms with Crippen LogP contribution < -0.4 is 4.90 Å². The summed E-state index contributed by atoms with van der Waals surface area (Å²) in [5.74, 6) is 0.289. The third kappa shape index (κ3) is 16.1. The molecule has 2 aliphatic rings. The first-order valence-corrected chi connectivity index (χ1v) is 17.6. The number of methoxy groups -OCH3 is 1. The number of nitrogens with zero attached hydrogens (tertiary/aromatic N) is 3. The third-order valence-corrected chi connectivity index (χ3v) is 7.88. The predicted octanol–water partition coefficient (Wildman–Crippen LogP) is 9.32. The predicted molar refractivity (Wildman–Crippen MR) is 193 cm³/mol. The van der Waals surface area contributed by atoms with Gasteiger partial charge in [0.15, 0.2) is 0 Å². The molecule has 43 heavy (non-hydrogen) atoms. The fourth-order valence-corrected chi connectivity index (χ4v) is 5.35. The summed E-state index contributed by atoms with van der Waals surface area (Å²) in [6, 6.07) is 6.45. The number of carbonyl (C=O) groups excluding carboxylic acids is 1. The summed E-state index contributed by atoms with van der Waals surface area (Å²) >= 11 is 0. The highest BCUT2D eigenvalue weighted by Crippen LogP contribution is 2.29. The molecule has 0 saturated carbocycles. The maximum absolute atomic E-state index is 11.5. The van der Waals surface area contributed by atoms with E-state index in [0.29, 0.717) is 6.10 Å². The number of hydrogen-bond acceptors (Lipinski definition) is 5. The Morgan fingerprint density at radius 1 is 0.884 bits per heavy atom. The average Bonchev–Trinajstić information content (AvgIpc) is 3.28. The van der Waals surface area contributed by atoms with Crippen LogP contribution >= 0.6 is 0 Å². The third-order valence-electron chi connectivity index (χ3n) is 7.88. The Kier molecular flexibility index (Phi) is 28.9. The number of anilines is 1. The van der Waals surface area contributed by atoms with E-state index in [1.54, 1.807) is 0 Å². The Bertz CT molecular complexity index is 810. The van der Waals surface area contributed by atoms with Gasteiger partial charge in [0.25, 0.3) is 0 Å². The minimum Gasteiger partial charge on any atom is -0.380 e. The summed E-state index contributed by atoms with van der Waals surface area (Å²) in [5.41, 5.74) is 3.30. The molecule has 250 valence electrons. The molecule has 0 spiro atoms. The molecule has 5 nitrogen and oxygen atoms in total. The van der Waals surface area contributed by atoms with Gasteiger partial charge in [-0.3, -0.25) is 14.6 Å². The van der Waals surface area contributed by atoms with E-state index < -0.39 is 0 Å². The molecule has 0 amide bonds. The van der Waals surface area contributed by atoms with Crippen LogP contribution in [0.1, 0.15) is 117 Å². The maximum atomic E-state index is 11.5. The van der Waals surface area contributed by atoms with Gasteiger partial charge in [0.1, 0.15) is 6.29 Å². The summed E-state index contributed by atoms with van der Waals surface area (Å²) < 4.78 is 5.61. The minimum atomic E-state index is 0.267. The first-order chi connectivity index (χ1) is 21.0. The SMILES string of the molecule is C=CC1CN(c2cc(C=O)ccc2CCCC)CCN(CCN2CCCC(OC)C2)C1C=C.CC.CC.CC.CCCC. The molecule has 2 saturated heterocycles. The number of rotatable bonds is 12. The number of likely N-dealkylation sites (tertiary alicyclic amines) is 1. The zero-order chi connectivity index (χ0) is 33.0. The largest absolute Gasteiger partial charge is 0.380 e. The number of unbranched alkanes of at least 4 members (excludes halogenated alkanes) is 2. The molecule has 3 unspecified atom stereocenters. The Morgan fingerprint density at radius 2 is 1.56 bits per heavy atom. The van der Waals surface area contributed by atoms with Crippen LogP contribution in [0.25, 0.3) is 0 Å². The highest BCUT2D eigenvalue weighted by Gasteiger charge is 2.30. The lowest BCUT2D eigenvalue weighted by atomic mass is 9.97. The zero-order valence-electron chi connectivity index (χ0n) is 30.2. The Hall–Kier alpha value is -1.95. The zero-order valence-corrected chi connectivity index (χ0v) is 30.2. The number of aldehydes is 1. The van der Waals surface area contributed by atoms with E-state index in [0.717, 1.165) is 76.9 Å². The second-order valence-electron chi connectivity index (χ2n) is 10.5. The Morgan fingerprint density at radius 3 is 2.09 bits per heavy atom. The summed E-state index contributed by atoms with van der Waals surface area (Å²) in [4.78, 5) is 19.1. The van der Waals surface area contributed by atoms with Crippen molar-refractivity contribution in [1.82, 2.24) is 9.80 Å². The van der Waals surface area contributed by atoms with E-state index in [2.05, 4.69) is 72.9 Å². The maximum Gasteiger partial charge on any atom is 0.150 e. The molecule has 0 aromatic heterocycles. The molecule has 3 atom stereocenters. The average molecular weight is 602 g/mol. The molecule has 5 heteroatoms. The van der Waals surface area contributed by atoms with Crippen molar-refractivity contribution >= 4 is 12.0 Å². The van der Waals surface area contributed by atoms with Crippen molar-refractivity contribution in [3.05, 3.63) is 54.6 Å². The quantitative estimate of drug-likeness (QED) is 0.176. The summed E-state index contributed by atoms with van der Waals surface area (Å²) in [6.07, 6.45) is 13.9. The van der Waals surface area contributed by atoms with Crippen LogP contribution in [0.15, 0.2) is 43.5 Å². The molecular formula is C38H71N3O2. The molecule has 0 aliphatic carbocycles. The van der Waals surface area contributed by atoms with Crippen LogP contribution in [0, 0.1) is 5.92 Å². The molecule has 1 aromatic rings. The van der Waals surface area contributed by atoms with Gasteiger partial charge in [-0.25, -0.2) is 0 Å². The second kappa shape index (κ2) is 28.8. The van der Waals surface area contributed by atoms with Gasteiger partial charge < -0.3 is 9.64 Å². The van der Waals surface area contributed by atoms with E-state index in [9.17, 15) is 4.79 Å². The van der Waals surface area contributed by atoms with Crippen LogP contribution in [0.3, 0.4) is 0 Å². The normalized spacial score (nSPS) is 20.2. The molecular weight excluding hydrogens is 530 g/mol. The number of piperidine rings is 1. The van der Waals surface area contributed by atoms with Crippen LogP contribution in [0.2, 0.25) is 0 Å². The molecule has 0 bridgehead atoms. The number of carbonyl (C=O) groups is 1. The van der Waals surface area contributed by atoms with E-state index in [1.165, 1.54) is 36.9 Å². The van der Waals surface area contributed by atoms with Gasteiger partial charge in [-0.05, 0) is 43.9 Å². The van der Waals surface area contributed by atoms with Crippen LogP contribution in [0.4, 0.5) is 5.69 Å². The van der Waals surface area contributed by atoms with Gasteiger partial charge in [-0.15, -0.1) is 13.2 Å². The van der Waals surface area contributed by atoms with Crippen molar-refractivity contribution in [2.45, 2.75) is 119 Å². The molecule has 3 rings (SSSR count). The molecule has 0 radical (unpaired) electrons. The van der Waals surface area contributed by atoms with Gasteiger partial charge >= 0.3 is 0 Å². The number of hydrogen-bond donors (Lipinski definition) is 0. The van der Waals surface area contributed by atoms with Crippen molar-refractivity contribution in [1.29, 1.82) is 0 Å². The van der Waals surface area contributed by atoms with Crippen molar-refractivity contribution in [3.63, 3.8) is 0 Å². The molecule has 2 fully saturated rings. The van der Waals surface area contributed by atoms with Gasteiger partial charge in [-0.1, -0.05) is 106 Å². The van der Waals surface area contributed by atoms with Gasteiger partial charge in [0.2, 0.25) is 0 Å². The smallest absolute Gasteiger partial charge is 0.150 e. The van der Waals surface area contributed by atoms with Crippen LogP contribution in [-0.4, -0.2) is 81.2 Å². The Labute approximate surface area is 268 Å².